The zero-order valence-corrected chi connectivity index (χ0v) is 3.52. The number of carbonyl (C=O) groups is 1. The van der Waals surface area contributed by atoms with Crippen molar-refractivity contribution in [2.75, 3.05) is 6.61 Å². The number of primary amides is 1. The largest absolute Gasteiger partial charge is 0.450 e. The van der Waals surface area contributed by atoms with E-state index in [9.17, 15) is 4.79 Å². The van der Waals surface area contributed by atoms with Gasteiger partial charge in [0.2, 0.25) is 0 Å². The van der Waals surface area contributed by atoms with Gasteiger partial charge in [0.1, 0.15) is 0 Å². The monoisotopic (exact) mass is 90.1 g/mol. The van der Waals surface area contributed by atoms with E-state index >= 15 is 0 Å². The lowest BCUT2D eigenvalue weighted by Crippen LogP contribution is -2.11. The fourth-order valence-electron chi connectivity index (χ4n) is 0.131. The number of rotatable bonds is 1. The molecule has 0 saturated carbocycles. The van der Waals surface area contributed by atoms with Crippen molar-refractivity contribution in [2.24, 2.45) is 5.73 Å². The van der Waals surface area contributed by atoms with E-state index in [1.165, 1.54) is 0 Å². The Balaban J connectivity index is 3.00. The summed E-state index contributed by atoms with van der Waals surface area (Å²) in [5.74, 6) is 0. The Morgan fingerprint density at radius 3 is 3.17 bits per heavy atom. The van der Waals surface area contributed by atoms with Gasteiger partial charge >= 0.3 is 6.09 Å². The minimum atomic E-state index is -0.706. The standard InChI is InChI=1S/C3H7NO2/c1-2-6-3(4)5/h2H2,1H3,(H2,4,5)/i/hD. The Bertz CT molecular complexity index is 66.0. The van der Waals surface area contributed by atoms with Crippen molar-refractivity contribution in [3.05, 3.63) is 0 Å². The molecule has 6 heavy (non-hydrogen) atoms. The maximum Gasteiger partial charge on any atom is 0.404 e. The van der Waals surface area contributed by atoms with Gasteiger partial charge in [0, 0.05) is 0 Å². The molecule has 0 aliphatic rings. The Morgan fingerprint density at radius 1 is 2.33 bits per heavy atom. The molecule has 0 bridgehead atoms. The molecule has 3 heteroatoms. The molecule has 0 unspecified atom stereocenters. The summed E-state index contributed by atoms with van der Waals surface area (Å²) >= 11 is 0. The van der Waals surface area contributed by atoms with Crippen LogP contribution in [0.2, 0.25) is 1.41 Å². The number of hydrogen-bond donors (Lipinski definition) is 1. The summed E-state index contributed by atoms with van der Waals surface area (Å²) in [4.78, 5) is 9.89. The van der Waals surface area contributed by atoms with Crippen molar-refractivity contribution in [1.29, 1.82) is 0 Å². The maximum atomic E-state index is 9.89. The van der Waals surface area contributed by atoms with Crippen LogP contribution in [0.5, 0.6) is 0 Å². The molecule has 0 fully saturated rings. The molecule has 1 amide bonds. The summed E-state index contributed by atoms with van der Waals surface area (Å²) in [6.45, 7) is 1.99. The topological polar surface area (TPSA) is 52.3 Å². The molecule has 0 aromatic heterocycles. The quantitative estimate of drug-likeness (QED) is 0.496. The molecule has 36 valence electrons. The number of carbonyl (C=O) groups excluding carboxylic acids is 1. The second-order valence-electron chi connectivity index (χ2n) is 0.720. The van der Waals surface area contributed by atoms with Gasteiger partial charge in [-0.25, -0.2) is 4.79 Å². The lowest BCUT2D eigenvalue weighted by Gasteiger charge is -1.89. The van der Waals surface area contributed by atoms with E-state index in [4.69, 9.17) is 1.41 Å². The molecule has 2 N–H and O–H groups in total. The van der Waals surface area contributed by atoms with Crippen LogP contribution in [-0.4, -0.2) is 12.7 Å². The van der Waals surface area contributed by atoms with Crippen molar-refractivity contribution >= 4 is 6.09 Å². The van der Waals surface area contributed by atoms with Crippen LogP contribution in [-0.2, 0) is 4.74 Å². The fraction of sp³-hybridized carbons (Fsp3) is 0.667. The van der Waals surface area contributed by atoms with Crippen LogP contribution >= 0.6 is 0 Å². The molecule has 0 radical (unpaired) electrons. The van der Waals surface area contributed by atoms with E-state index in [1.54, 1.807) is 12.7 Å². The zero-order valence-electron chi connectivity index (χ0n) is 4.52. The smallest absolute Gasteiger partial charge is 0.404 e. The molecule has 0 aliphatic heterocycles. The van der Waals surface area contributed by atoms with Crippen molar-refractivity contribution in [3.8, 4) is 0 Å². The first-order valence-electron chi connectivity index (χ1n) is 2.15. The Hall–Kier alpha value is -0.730. The molecule has 0 spiro atoms. The van der Waals surface area contributed by atoms with Crippen LogP contribution in [0.4, 0.5) is 4.79 Å². The normalized spacial score (nSPS) is 9.17. The zero-order chi connectivity index (χ0) is 5.70. The van der Waals surface area contributed by atoms with E-state index < -0.39 is 6.09 Å². The van der Waals surface area contributed by atoms with Crippen LogP contribution in [0.1, 0.15) is 6.92 Å². The second-order valence-corrected chi connectivity index (χ2v) is 0.720. The fourth-order valence-corrected chi connectivity index (χ4v) is 0.131. The van der Waals surface area contributed by atoms with Gasteiger partial charge < -0.3 is 10.5 Å². The lowest BCUT2D eigenvalue weighted by atomic mass is 10.9. The lowest BCUT2D eigenvalue weighted by molar-refractivity contribution is 0.163. The van der Waals surface area contributed by atoms with Gasteiger partial charge in [-0.05, 0) is 6.92 Å². The van der Waals surface area contributed by atoms with E-state index in [0.717, 1.165) is 0 Å². The number of hydrogen-bond acceptors (Lipinski definition) is 2. The van der Waals surface area contributed by atoms with Gasteiger partial charge in [0.25, 0.3) is 0 Å². The summed E-state index contributed by atoms with van der Waals surface area (Å²) in [6, 6.07) is 0. The molecule has 0 aliphatic carbocycles. The van der Waals surface area contributed by atoms with Gasteiger partial charge in [0.05, 0.1) is 6.61 Å². The maximum absolute atomic E-state index is 9.89. The minimum absolute atomic E-state index is 0.310. The van der Waals surface area contributed by atoms with Crippen LogP contribution < -0.4 is 5.73 Å². The van der Waals surface area contributed by atoms with Crippen molar-refractivity contribution < 1.29 is 10.9 Å². The summed E-state index contributed by atoms with van der Waals surface area (Å²) < 4.78 is 10.4. The van der Waals surface area contributed by atoms with Crippen molar-refractivity contribution in [1.82, 2.24) is 0 Å². The summed E-state index contributed by atoms with van der Waals surface area (Å²) in [5, 5.41) is 0. The average molecular weight is 90.1 g/mol. The van der Waals surface area contributed by atoms with E-state index in [0.29, 0.717) is 6.61 Å². The first kappa shape index (κ1) is 3.46. The second kappa shape index (κ2) is 2.50. The SMILES string of the molecule is [2H]NC(=O)OCC. The molecule has 0 atom stereocenters. The predicted molar refractivity (Wildman–Crippen MR) is 21.2 cm³/mol. The third-order valence-corrected chi connectivity index (χ3v) is 0.275. The minimum Gasteiger partial charge on any atom is -0.450 e. The predicted octanol–water partition coefficient (Wildman–Crippen LogP) is 0.102. The summed E-state index contributed by atoms with van der Waals surface area (Å²) in [5.41, 5.74) is 1.55. The highest BCUT2D eigenvalue weighted by atomic mass is 16.5. The molecular weight excluding hydrogens is 82.0 g/mol. The summed E-state index contributed by atoms with van der Waals surface area (Å²) in [7, 11) is 0. The molecule has 0 rings (SSSR count). The molecule has 0 aromatic rings. The first-order valence-corrected chi connectivity index (χ1v) is 1.65. The average Bonchev–Trinajstić information content (AvgIpc) is 1.68. The van der Waals surface area contributed by atoms with Crippen molar-refractivity contribution in [3.63, 3.8) is 0 Å². The first-order chi connectivity index (χ1) is 3.31. The van der Waals surface area contributed by atoms with Gasteiger partial charge in [-0.2, -0.15) is 0 Å². The Kier molecular flexibility index (Phi) is 1.44. The van der Waals surface area contributed by atoms with Crippen molar-refractivity contribution in [2.45, 2.75) is 6.92 Å². The third kappa shape index (κ3) is 3.27. The van der Waals surface area contributed by atoms with E-state index in [2.05, 4.69) is 4.74 Å². The van der Waals surface area contributed by atoms with Gasteiger partial charge in [0.15, 0.2) is 1.41 Å². The van der Waals surface area contributed by atoms with Gasteiger partial charge in [-0.3, -0.25) is 0 Å². The number of ether oxygens (including phenoxy) is 1. The highest BCUT2D eigenvalue weighted by Crippen LogP contribution is 1.66. The third-order valence-electron chi connectivity index (χ3n) is 0.275. The van der Waals surface area contributed by atoms with Crippen LogP contribution in [0.25, 0.3) is 0 Å². The Labute approximate surface area is 37.5 Å². The van der Waals surface area contributed by atoms with E-state index in [1.807, 2.05) is 0 Å². The molecule has 0 aromatic carbocycles. The van der Waals surface area contributed by atoms with Gasteiger partial charge in [-0.15, -0.1) is 0 Å². The van der Waals surface area contributed by atoms with E-state index in [-0.39, 0.29) is 0 Å². The van der Waals surface area contributed by atoms with Gasteiger partial charge in [-0.1, -0.05) is 0 Å². The molecule has 0 heterocycles. The van der Waals surface area contributed by atoms with Crippen LogP contribution in [0.3, 0.4) is 0 Å². The summed E-state index contributed by atoms with van der Waals surface area (Å²) in [6.07, 6.45) is -0.706. The van der Waals surface area contributed by atoms with Crippen LogP contribution in [0.15, 0.2) is 0 Å². The molecular formula is C3H7NO2. The highest BCUT2D eigenvalue weighted by molar-refractivity contribution is 5.64. The van der Waals surface area contributed by atoms with Crippen LogP contribution in [0, 0.1) is 0 Å². The molecule has 3 nitrogen and oxygen atoms in total. The Morgan fingerprint density at radius 2 is 3.00 bits per heavy atom. The number of nitrogens with two attached hydrogens (primary N) is 1. The molecule has 0 saturated heterocycles. The number of amides is 1. The highest BCUT2D eigenvalue weighted by Gasteiger charge is 1.82.